The molecule has 0 saturated carbocycles. The van der Waals surface area contributed by atoms with Gasteiger partial charge in [-0.3, -0.25) is 5.41 Å². The van der Waals surface area contributed by atoms with Crippen molar-refractivity contribution in [3.63, 3.8) is 0 Å². The number of nitrogens with one attached hydrogen (secondary N) is 2. The molecule has 0 bridgehead atoms. The van der Waals surface area contributed by atoms with Crippen molar-refractivity contribution in [3.05, 3.63) is 64.5 Å². The zero-order chi connectivity index (χ0) is 23.8. The van der Waals surface area contributed by atoms with Crippen molar-refractivity contribution in [2.75, 3.05) is 20.3 Å². The first-order valence-electron chi connectivity index (χ1n) is 10.6. The van der Waals surface area contributed by atoms with E-state index >= 15 is 0 Å². The highest BCUT2D eigenvalue weighted by Gasteiger charge is 2.30. The fraction of sp³-hybridized carbons (Fsp3) is 0.167. The average Bonchev–Trinajstić information content (AvgIpc) is 3.50. The number of aliphatic hydroxyl groups excluding tert-OH is 1. The van der Waals surface area contributed by atoms with Crippen LogP contribution in [0, 0.1) is 5.41 Å². The number of carbonyl (C=O) groups is 1. The van der Waals surface area contributed by atoms with Gasteiger partial charge in [-0.2, -0.15) is 5.10 Å². The number of nitrogens with zero attached hydrogens (tertiary/aromatic N) is 3. The lowest BCUT2D eigenvalue weighted by atomic mass is 10.1. The molecule has 5 rings (SSSR count). The molecule has 1 aliphatic rings. The number of amidine groups is 1. The van der Waals surface area contributed by atoms with Crippen LogP contribution in [0.2, 0.25) is 0 Å². The Kier molecular flexibility index (Phi) is 5.50. The van der Waals surface area contributed by atoms with E-state index in [-0.39, 0.29) is 30.4 Å². The van der Waals surface area contributed by atoms with Crippen LogP contribution in [0.1, 0.15) is 28.0 Å². The molecule has 1 aliphatic heterocycles. The van der Waals surface area contributed by atoms with Crippen molar-refractivity contribution in [2.45, 2.75) is 6.92 Å². The summed E-state index contributed by atoms with van der Waals surface area (Å²) in [6.07, 6.45) is 1.49. The SMILES string of the molecule is CCOC(=O)c1[nH]c2ccc(OC)cc2c1/C=N/N1CC(O)=C(c2nc3ccccc3s2)C1=N. The predicted octanol–water partition coefficient (Wildman–Crippen LogP) is 4.56. The van der Waals surface area contributed by atoms with Gasteiger partial charge in [0.2, 0.25) is 0 Å². The minimum atomic E-state index is -0.508. The summed E-state index contributed by atoms with van der Waals surface area (Å²) in [6, 6.07) is 13.1. The summed E-state index contributed by atoms with van der Waals surface area (Å²) in [5.74, 6) is 0.171. The van der Waals surface area contributed by atoms with E-state index in [4.69, 9.17) is 14.9 Å². The second-order valence-corrected chi connectivity index (χ2v) is 8.54. The highest BCUT2D eigenvalue weighted by atomic mass is 32.1. The topological polar surface area (TPSA) is 124 Å². The summed E-state index contributed by atoms with van der Waals surface area (Å²) in [5, 5.41) is 26.3. The molecule has 3 N–H and O–H groups in total. The van der Waals surface area contributed by atoms with Crippen LogP contribution in [0.4, 0.5) is 0 Å². The number of hydrazone groups is 1. The van der Waals surface area contributed by atoms with Gasteiger partial charge >= 0.3 is 5.97 Å². The van der Waals surface area contributed by atoms with Crippen molar-refractivity contribution >= 4 is 56.0 Å². The van der Waals surface area contributed by atoms with Gasteiger partial charge in [0, 0.05) is 16.5 Å². The molecule has 34 heavy (non-hydrogen) atoms. The quantitative estimate of drug-likeness (QED) is 0.277. The van der Waals surface area contributed by atoms with Crippen LogP contribution in [0.3, 0.4) is 0 Å². The van der Waals surface area contributed by atoms with Crippen LogP contribution in [-0.4, -0.2) is 58.4 Å². The number of methoxy groups -OCH3 is 1. The number of rotatable bonds is 6. The molecule has 0 unspecified atom stereocenters. The Morgan fingerprint density at radius 2 is 2.18 bits per heavy atom. The molecule has 172 valence electrons. The molecule has 10 heteroatoms. The Morgan fingerprint density at radius 1 is 1.35 bits per heavy atom. The van der Waals surface area contributed by atoms with E-state index in [0.717, 1.165) is 21.1 Å². The highest BCUT2D eigenvalue weighted by Crippen LogP contribution is 2.33. The Hall–Kier alpha value is -4.18. The number of ether oxygens (including phenoxy) is 2. The lowest BCUT2D eigenvalue weighted by Crippen LogP contribution is -2.21. The molecule has 2 aromatic carbocycles. The van der Waals surface area contributed by atoms with Gasteiger partial charge in [0.1, 0.15) is 28.8 Å². The molecular formula is C24H21N5O4S. The van der Waals surface area contributed by atoms with Crippen molar-refractivity contribution in [3.8, 4) is 5.75 Å². The van der Waals surface area contributed by atoms with Crippen LogP contribution >= 0.6 is 11.3 Å². The van der Waals surface area contributed by atoms with E-state index in [1.165, 1.54) is 22.6 Å². The third kappa shape index (κ3) is 3.67. The standard InChI is InChI=1S/C24H21N5O4S/c1-3-33-24(31)21-15(14-10-13(32-2)8-9-16(14)27-21)11-26-29-12-18(30)20(22(29)25)23-28-17-6-4-5-7-19(17)34-23/h4-11,25,27,30H,3,12H2,1-2H3/b25-22?,26-11+. The molecular weight excluding hydrogens is 454 g/mol. The summed E-state index contributed by atoms with van der Waals surface area (Å²) in [6.45, 7) is 2.00. The van der Waals surface area contributed by atoms with Gasteiger partial charge in [-0.15, -0.1) is 11.3 Å². The van der Waals surface area contributed by atoms with Gasteiger partial charge in [-0.05, 0) is 37.3 Å². The lowest BCUT2D eigenvalue weighted by molar-refractivity contribution is 0.0520. The molecule has 0 spiro atoms. The van der Waals surface area contributed by atoms with Crippen LogP contribution in [0.15, 0.2) is 53.3 Å². The molecule has 0 amide bonds. The molecule has 2 aromatic heterocycles. The van der Waals surface area contributed by atoms with E-state index in [1.54, 1.807) is 26.2 Å². The summed E-state index contributed by atoms with van der Waals surface area (Å²) >= 11 is 1.41. The number of aromatic nitrogens is 2. The van der Waals surface area contributed by atoms with E-state index in [2.05, 4.69) is 15.1 Å². The summed E-state index contributed by atoms with van der Waals surface area (Å²) in [5.41, 5.74) is 2.64. The number of carbonyl (C=O) groups excluding carboxylic acids is 1. The lowest BCUT2D eigenvalue weighted by Gasteiger charge is -2.11. The van der Waals surface area contributed by atoms with Crippen LogP contribution in [0.25, 0.3) is 26.7 Å². The zero-order valence-corrected chi connectivity index (χ0v) is 19.3. The molecule has 0 atom stereocenters. The van der Waals surface area contributed by atoms with Crippen LogP contribution in [0.5, 0.6) is 5.75 Å². The van der Waals surface area contributed by atoms with E-state index in [0.29, 0.717) is 21.9 Å². The van der Waals surface area contributed by atoms with Crippen molar-refractivity contribution in [2.24, 2.45) is 5.10 Å². The molecule has 4 aromatic rings. The molecule has 9 nitrogen and oxygen atoms in total. The second kappa shape index (κ2) is 8.64. The first-order chi connectivity index (χ1) is 16.5. The van der Waals surface area contributed by atoms with Gasteiger partial charge in [0.25, 0.3) is 0 Å². The van der Waals surface area contributed by atoms with Crippen molar-refractivity contribution < 1.29 is 19.4 Å². The summed E-state index contributed by atoms with van der Waals surface area (Å²) in [7, 11) is 1.57. The fourth-order valence-electron chi connectivity index (χ4n) is 3.81. The molecule has 3 heterocycles. The highest BCUT2D eigenvalue weighted by molar-refractivity contribution is 7.19. The number of hydrogen-bond acceptors (Lipinski definition) is 8. The number of aromatic amines is 1. The number of esters is 1. The van der Waals surface area contributed by atoms with Gasteiger partial charge < -0.3 is 19.6 Å². The minimum Gasteiger partial charge on any atom is -0.509 e. The number of benzene rings is 2. The molecule has 0 saturated heterocycles. The number of hydrogen-bond donors (Lipinski definition) is 3. The Labute approximate surface area is 198 Å². The Balaban J connectivity index is 1.49. The van der Waals surface area contributed by atoms with Crippen molar-refractivity contribution in [1.82, 2.24) is 15.0 Å². The van der Waals surface area contributed by atoms with Crippen LogP contribution < -0.4 is 4.74 Å². The summed E-state index contributed by atoms with van der Waals surface area (Å²) in [4.78, 5) is 20.2. The third-order valence-corrected chi connectivity index (χ3v) is 6.50. The maximum absolute atomic E-state index is 12.6. The smallest absolute Gasteiger partial charge is 0.355 e. The molecule has 0 aliphatic carbocycles. The number of thiazole rings is 1. The predicted molar refractivity (Wildman–Crippen MR) is 132 cm³/mol. The molecule has 0 radical (unpaired) electrons. The number of para-hydroxylation sites is 1. The maximum Gasteiger partial charge on any atom is 0.355 e. The average molecular weight is 476 g/mol. The zero-order valence-electron chi connectivity index (χ0n) is 18.5. The monoisotopic (exact) mass is 475 g/mol. The van der Waals surface area contributed by atoms with Gasteiger partial charge in [-0.25, -0.2) is 14.8 Å². The maximum atomic E-state index is 12.6. The first kappa shape index (κ1) is 21.7. The van der Waals surface area contributed by atoms with Gasteiger partial charge in [0.15, 0.2) is 5.84 Å². The Morgan fingerprint density at radius 3 is 2.94 bits per heavy atom. The Bertz CT molecular complexity index is 1470. The minimum absolute atomic E-state index is 0.0208. The van der Waals surface area contributed by atoms with E-state index in [9.17, 15) is 9.90 Å². The van der Waals surface area contributed by atoms with Crippen LogP contribution in [-0.2, 0) is 4.74 Å². The first-order valence-corrected chi connectivity index (χ1v) is 11.4. The van der Waals surface area contributed by atoms with Crippen molar-refractivity contribution in [1.29, 1.82) is 5.41 Å². The molecule has 0 fully saturated rings. The summed E-state index contributed by atoms with van der Waals surface area (Å²) < 4.78 is 11.5. The fourth-order valence-corrected chi connectivity index (χ4v) is 4.85. The second-order valence-electron chi connectivity index (χ2n) is 7.50. The normalized spacial score (nSPS) is 14.2. The number of fused-ring (bicyclic) bond motifs is 2. The number of H-pyrrole nitrogens is 1. The van der Waals surface area contributed by atoms with Gasteiger partial charge in [0.05, 0.1) is 35.7 Å². The van der Waals surface area contributed by atoms with Gasteiger partial charge in [-0.1, -0.05) is 12.1 Å². The third-order valence-electron chi connectivity index (χ3n) is 5.44. The number of aliphatic hydroxyl groups is 1. The van der Waals surface area contributed by atoms with E-state index in [1.807, 2.05) is 30.3 Å². The largest absolute Gasteiger partial charge is 0.509 e. The van der Waals surface area contributed by atoms with E-state index < -0.39 is 5.97 Å².